The molecule has 0 aliphatic rings. The highest BCUT2D eigenvalue weighted by molar-refractivity contribution is 5.99. The Bertz CT molecular complexity index is 466. The van der Waals surface area contributed by atoms with Gasteiger partial charge in [0.25, 0.3) is 0 Å². The first-order chi connectivity index (χ1) is 8.79. The summed E-state index contributed by atoms with van der Waals surface area (Å²) < 4.78 is 0. The molecule has 0 spiro atoms. The van der Waals surface area contributed by atoms with Crippen molar-refractivity contribution in [2.24, 2.45) is 5.92 Å². The average molecular weight is 267 g/mol. The second-order valence-electron chi connectivity index (χ2n) is 5.18. The molecule has 0 bridgehead atoms. The molecule has 1 unspecified atom stereocenters. The number of urea groups is 1. The fraction of sp³-hybridized carbons (Fsp3) is 0.538. The summed E-state index contributed by atoms with van der Waals surface area (Å²) in [7, 11) is 0. The van der Waals surface area contributed by atoms with E-state index in [0.717, 1.165) is 6.42 Å². The van der Waals surface area contributed by atoms with Crippen LogP contribution in [0, 0.1) is 12.8 Å². The van der Waals surface area contributed by atoms with Crippen LogP contribution in [-0.4, -0.2) is 28.1 Å². The third-order valence-electron chi connectivity index (χ3n) is 2.62. The van der Waals surface area contributed by atoms with Gasteiger partial charge in [-0.2, -0.15) is 0 Å². The monoisotopic (exact) mass is 267 g/mol. The molecule has 1 rings (SSSR count). The highest BCUT2D eigenvalue weighted by Gasteiger charge is 2.16. The molecule has 0 aromatic carbocycles. The molecule has 1 atom stereocenters. The van der Waals surface area contributed by atoms with E-state index in [1.807, 2.05) is 6.92 Å². The molecule has 6 nitrogen and oxygen atoms in total. The van der Waals surface area contributed by atoms with E-state index in [1.54, 1.807) is 13.0 Å². The molecule has 19 heavy (non-hydrogen) atoms. The van der Waals surface area contributed by atoms with Crippen LogP contribution < -0.4 is 10.6 Å². The van der Waals surface area contributed by atoms with Gasteiger partial charge in [-0.05, 0) is 32.3 Å². The van der Waals surface area contributed by atoms with E-state index in [1.165, 1.54) is 0 Å². The van der Waals surface area contributed by atoms with Crippen molar-refractivity contribution in [2.45, 2.75) is 40.2 Å². The summed E-state index contributed by atoms with van der Waals surface area (Å²) in [5, 5.41) is 14.3. The molecule has 0 fully saturated rings. The second kappa shape index (κ2) is 6.26. The van der Waals surface area contributed by atoms with Gasteiger partial charge in [-0.1, -0.05) is 13.8 Å². The van der Waals surface area contributed by atoms with E-state index in [2.05, 4.69) is 29.5 Å². The summed E-state index contributed by atoms with van der Waals surface area (Å²) in [4.78, 5) is 25.4. The number of hydrogen-bond donors (Lipinski definition) is 4. The molecule has 106 valence electrons. The number of aromatic nitrogens is 1. The molecule has 1 aromatic rings. The molecule has 1 heterocycles. The largest absolute Gasteiger partial charge is 0.477 e. The Morgan fingerprint density at radius 2 is 2.00 bits per heavy atom. The fourth-order valence-electron chi connectivity index (χ4n) is 2.00. The number of carbonyl (C=O) groups is 2. The number of carbonyl (C=O) groups excluding carboxylic acids is 1. The highest BCUT2D eigenvalue weighted by Crippen LogP contribution is 2.16. The third kappa shape index (κ3) is 4.65. The minimum absolute atomic E-state index is 0.0100. The third-order valence-corrected chi connectivity index (χ3v) is 2.62. The number of carboxylic acids is 1. The van der Waals surface area contributed by atoms with E-state index in [0.29, 0.717) is 11.6 Å². The molecule has 4 N–H and O–H groups in total. The van der Waals surface area contributed by atoms with Crippen LogP contribution in [0.25, 0.3) is 0 Å². The van der Waals surface area contributed by atoms with Crippen LogP contribution in [0.3, 0.4) is 0 Å². The number of anilines is 1. The summed E-state index contributed by atoms with van der Waals surface area (Å²) in [6.07, 6.45) is 0.866. The Morgan fingerprint density at radius 1 is 1.37 bits per heavy atom. The summed E-state index contributed by atoms with van der Waals surface area (Å²) in [5.74, 6) is -0.613. The summed E-state index contributed by atoms with van der Waals surface area (Å²) in [5.41, 5.74) is 0.950. The zero-order valence-corrected chi connectivity index (χ0v) is 11.7. The van der Waals surface area contributed by atoms with Crippen LogP contribution in [0.15, 0.2) is 6.07 Å². The topological polar surface area (TPSA) is 94.2 Å². The van der Waals surface area contributed by atoms with Crippen molar-refractivity contribution in [2.75, 3.05) is 5.32 Å². The first-order valence-electron chi connectivity index (χ1n) is 6.30. The van der Waals surface area contributed by atoms with Crippen molar-refractivity contribution in [1.29, 1.82) is 0 Å². The smallest absolute Gasteiger partial charge is 0.354 e. The molecule has 0 saturated heterocycles. The Balaban J connectivity index is 2.64. The molecular formula is C13H21N3O3. The van der Waals surface area contributed by atoms with Gasteiger partial charge in [0.05, 0.1) is 5.69 Å². The van der Waals surface area contributed by atoms with Crippen molar-refractivity contribution in [3.8, 4) is 0 Å². The number of H-pyrrole nitrogens is 1. The number of rotatable bonds is 5. The highest BCUT2D eigenvalue weighted by atomic mass is 16.4. The van der Waals surface area contributed by atoms with Gasteiger partial charge in [0, 0.05) is 11.7 Å². The molecule has 1 aromatic heterocycles. The Kier molecular flexibility index (Phi) is 4.97. The Morgan fingerprint density at radius 3 is 2.53 bits per heavy atom. The van der Waals surface area contributed by atoms with Gasteiger partial charge in [0.1, 0.15) is 5.69 Å². The SMILES string of the molecule is Cc1cc(NC(=O)NC(C)CC(C)C)c(C(=O)O)[nH]1. The molecule has 0 aliphatic heterocycles. The Labute approximate surface area is 112 Å². The van der Waals surface area contributed by atoms with Gasteiger partial charge in [0.15, 0.2) is 0 Å². The zero-order chi connectivity index (χ0) is 14.6. The summed E-state index contributed by atoms with van der Waals surface area (Å²) in [6, 6.07) is 1.24. The predicted octanol–water partition coefficient (Wildman–Crippen LogP) is 2.58. The molecular weight excluding hydrogens is 246 g/mol. The van der Waals surface area contributed by atoms with Crippen molar-refractivity contribution < 1.29 is 14.7 Å². The van der Waals surface area contributed by atoms with Crippen molar-refractivity contribution in [3.05, 3.63) is 17.5 Å². The zero-order valence-electron chi connectivity index (χ0n) is 11.7. The quantitative estimate of drug-likeness (QED) is 0.660. The lowest BCUT2D eigenvalue weighted by Gasteiger charge is -2.16. The predicted molar refractivity (Wildman–Crippen MR) is 73.6 cm³/mol. The summed E-state index contributed by atoms with van der Waals surface area (Å²) >= 11 is 0. The van der Waals surface area contributed by atoms with Gasteiger partial charge >= 0.3 is 12.0 Å². The van der Waals surface area contributed by atoms with Crippen LogP contribution in [0.4, 0.5) is 10.5 Å². The number of nitrogens with one attached hydrogen (secondary N) is 3. The van der Waals surface area contributed by atoms with Crippen LogP contribution in [0.2, 0.25) is 0 Å². The molecule has 2 amide bonds. The molecule has 0 aliphatic carbocycles. The number of aromatic carboxylic acids is 1. The maximum atomic E-state index is 11.8. The van der Waals surface area contributed by atoms with E-state index in [4.69, 9.17) is 5.11 Å². The van der Waals surface area contributed by atoms with Gasteiger partial charge in [-0.15, -0.1) is 0 Å². The standard InChI is InChI=1S/C13H21N3O3/c1-7(2)5-8(3)15-13(19)16-10-6-9(4)14-11(10)12(17)18/h6-8,14H,5H2,1-4H3,(H,17,18)(H2,15,16,19). The number of aromatic amines is 1. The van der Waals surface area contributed by atoms with Gasteiger partial charge in [-0.25, -0.2) is 9.59 Å². The molecule has 6 heteroatoms. The van der Waals surface area contributed by atoms with Crippen molar-refractivity contribution in [1.82, 2.24) is 10.3 Å². The minimum Gasteiger partial charge on any atom is -0.477 e. The fourth-order valence-corrected chi connectivity index (χ4v) is 2.00. The van der Waals surface area contributed by atoms with E-state index in [-0.39, 0.29) is 17.4 Å². The molecule has 0 radical (unpaired) electrons. The van der Waals surface area contributed by atoms with Crippen LogP contribution in [0.5, 0.6) is 0 Å². The second-order valence-corrected chi connectivity index (χ2v) is 5.18. The number of hydrogen-bond acceptors (Lipinski definition) is 2. The van der Waals surface area contributed by atoms with E-state index >= 15 is 0 Å². The van der Waals surface area contributed by atoms with Gasteiger partial charge < -0.3 is 20.7 Å². The van der Waals surface area contributed by atoms with Crippen molar-refractivity contribution in [3.63, 3.8) is 0 Å². The minimum atomic E-state index is -1.10. The summed E-state index contributed by atoms with van der Waals surface area (Å²) in [6.45, 7) is 7.80. The first kappa shape index (κ1) is 15.1. The molecule has 0 saturated carbocycles. The van der Waals surface area contributed by atoms with Crippen LogP contribution in [0.1, 0.15) is 43.4 Å². The lowest BCUT2D eigenvalue weighted by molar-refractivity contribution is 0.0692. The normalized spacial score (nSPS) is 12.3. The van der Waals surface area contributed by atoms with E-state index in [9.17, 15) is 9.59 Å². The Hall–Kier alpha value is -1.98. The lowest BCUT2D eigenvalue weighted by atomic mass is 10.1. The van der Waals surface area contributed by atoms with Crippen LogP contribution in [-0.2, 0) is 0 Å². The number of carboxylic acid groups (broad SMARTS) is 1. The van der Waals surface area contributed by atoms with Crippen molar-refractivity contribution >= 4 is 17.7 Å². The maximum absolute atomic E-state index is 11.8. The number of amides is 2. The average Bonchev–Trinajstić information content (AvgIpc) is 2.57. The van der Waals surface area contributed by atoms with Crippen LogP contribution >= 0.6 is 0 Å². The van der Waals surface area contributed by atoms with Gasteiger partial charge in [-0.3, -0.25) is 0 Å². The lowest BCUT2D eigenvalue weighted by Crippen LogP contribution is -2.37. The maximum Gasteiger partial charge on any atom is 0.354 e. The number of aryl methyl sites for hydroxylation is 1. The van der Waals surface area contributed by atoms with E-state index < -0.39 is 12.0 Å². The first-order valence-corrected chi connectivity index (χ1v) is 6.30. The van der Waals surface area contributed by atoms with Gasteiger partial charge in [0.2, 0.25) is 0 Å².